The Kier molecular flexibility index (Phi) is 13.8. The van der Waals surface area contributed by atoms with E-state index in [4.69, 9.17) is 11.1 Å². The van der Waals surface area contributed by atoms with Crippen LogP contribution >= 0.6 is 0 Å². The number of methoxy groups -OCH3 is 4. The molecule has 0 radical (unpaired) electrons. The maximum atomic E-state index is 11.5. The van der Waals surface area contributed by atoms with Gasteiger partial charge in [0.15, 0.2) is 5.57 Å². The van der Waals surface area contributed by atoms with E-state index >= 15 is 0 Å². The first-order chi connectivity index (χ1) is 15.5. The minimum atomic E-state index is -0.788. The maximum Gasteiger partial charge on any atom is 0.348 e. The molecule has 0 aromatic carbocycles. The monoisotopic (exact) mass is 484 g/mol. The van der Waals surface area contributed by atoms with Gasteiger partial charge >= 0.3 is 17.9 Å². The molecule has 0 aliphatic carbocycles. The number of H-pyrrole nitrogens is 1. The summed E-state index contributed by atoms with van der Waals surface area (Å²) >= 11 is 0. The third-order valence-corrected chi connectivity index (χ3v) is 3.77. The minimum absolute atomic E-state index is 0.0782. The highest BCUT2D eigenvalue weighted by molar-refractivity contribution is 6.13. The van der Waals surface area contributed by atoms with Crippen LogP contribution in [0.15, 0.2) is 22.8 Å². The molecule has 0 bridgehead atoms. The molecule has 0 saturated heterocycles. The summed E-state index contributed by atoms with van der Waals surface area (Å²) in [6.07, 6.45) is 2.21. The summed E-state index contributed by atoms with van der Waals surface area (Å²) < 4.78 is 17.5. The van der Waals surface area contributed by atoms with E-state index in [9.17, 15) is 19.2 Å². The third kappa shape index (κ3) is 11.8. The van der Waals surface area contributed by atoms with Crippen LogP contribution in [0.3, 0.4) is 0 Å². The summed E-state index contributed by atoms with van der Waals surface area (Å²) in [6, 6.07) is 0. The number of hydrogen-bond donors (Lipinski definition) is 3. The molecule has 0 fully saturated rings. The SMILES string of the molecule is CC(C)(C)C(=N)N.COC(=O)c1cnc(C(C)(C)C)[nH]c1=O.COC=C(C(=O)OC)C(=O)OC. The highest BCUT2D eigenvalue weighted by Gasteiger charge is 2.20. The maximum absolute atomic E-state index is 11.5. The summed E-state index contributed by atoms with van der Waals surface area (Å²) in [6.45, 7) is 11.5. The fourth-order valence-electron chi connectivity index (χ4n) is 1.55. The van der Waals surface area contributed by atoms with Crippen molar-refractivity contribution in [3.63, 3.8) is 0 Å². The Balaban J connectivity index is 0. The zero-order valence-corrected chi connectivity index (χ0v) is 21.4. The second-order valence-corrected chi connectivity index (χ2v) is 8.63. The summed E-state index contributed by atoms with van der Waals surface area (Å²) in [7, 11) is 4.86. The van der Waals surface area contributed by atoms with Gasteiger partial charge in [-0.15, -0.1) is 0 Å². The number of carbonyl (C=O) groups is 3. The summed E-state index contributed by atoms with van der Waals surface area (Å²) in [5.41, 5.74) is 3.93. The first-order valence-electron chi connectivity index (χ1n) is 9.90. The predicted octanol–water partition coefficient (Wildman–Crippen LogP) is 1.69. The first-order valence-corrected chi connectivity index (χ1v) is 9.90. The number of nitrogens with zero attached hydrogens (tertiary/aromatic N) is 1. The second-order valence-electron chi connectivity index (χ2n) is 8.63. The normalized spacial score (nSPS) is 10.2. The molecule has 4 N–H and O–H groups in total. The molecule has 0 amide bonds. The number of amidine groups is 1. The van der Waals surface area contributed by atoms with Gasteiger partial charge in [-0.25, -0.2) is 19.4 Å². The molecule has 1 rings (SSSR count). The summed E-state index contributed by atoms with van der Waals surface area (Å²) in [4.78, 5) is 50.9. The third-order valence-electron chi connectivity index (χ3n) is 3.77. The number of nitrogens with two attached hydrogens (primary N) is 1. The van der Waals surface area contributed by atoms with E-state index in [-0.39, 0.29) is 27.8 Å². The molecule has 0 unspecified atom stereocenters. The zero-order valence-electron chi connectivity index (χ0n) is 21.4. The van der Waals surface area contributed by atoms with Gasteiger partial charge in [-0.3, -0.25) is 10.2 Å². The number of esters is 3. The molecule has 0 aliphatic rings. The highest BCUT2D eigenvalue weighted by Crippen LogP contribution is 2.16. The quantitative estimate of drug-likeness (QED) is 0.0830. The number of aromatic amines is 1. The van der Waals surface area contributed by atoms with Crippen LogP contribution in [0.1, 0.15) is 57.7 Å². The molecular weight excluding hydrogens is 448 g/mol. The standard InChI is InChI=1S/C10H14N2O3.C7H10O5.C5H12N2/c1-10(2,3)9-11-5-6(7(13)12-9)8(14)15-4;1-10-4-5(6(8)11-2)7(9)12-3;1-5(2,3)4(6)7/h5H,1-4H3,(H,11,12,13);4H,1-3H3;1-3H3,(H3,6,7). The van der Waals surface area contributed by atoms with E-state index in [0.29, 0.717) is 5.82 Å². The summed E-state index contributed by atoms with van der Waals surface area (Å²) in [5, 5.41) is 6.92. The van der Waals surface area contributed by atoms with Crippen LogP contribution < -0.4 is 11.3 Å². The smallest absolute Gasteiger partial charge is 0.348 e. The van der Waals surface area contributed by atoms with Crippen molar-refractivity contribution in [2.24, 2.45) is 11.1 Å². The van der Waals surface area contributed by atoms with Crippen molar-refractivity contribution in [3.05, 3.63) is 39.8 Å². The molecule has 1 aromatic heterocycles. The van der Waals surface area contributed by atoms with Crippen molar-refractivity contribution < 1.29 is 33.3 Å². The molecule has 0 aliphatic heterocycles. The van der Waals surface area contributed by atoms with E-state index in [1.54, 1.807) is 0 Å². The molecule has 0 saturated carbocycles. The molecule has 1 heterocycles. The number of hydrogen-bond acceptors (Lipinski definition) is 10. The Morgan fingerprint density at radius 3 is 1.68 bits per heavy atom. The molecular formula is C22H36N4O8. The Morgan fingerprint density at radius 1 is 0.971 bits per heavy atom. The van der Waals surface area contributed by atoms with Crippen LogP contribution in [-0.4, -0.2) is 62.2 Å². The largest absolute Gasteiger partial charge is 0.503 e. The van der Waals surface area contributed by atoms with Crippen LogP contribution in [0.2, 0.25) is 0 Å². The number of nitrogens with one attached hydrogen (secondary N) is 2. The fourth-order valence-corrected chi connectivity index (χ4v) is 1.55. The zero-order chi connectivity index (χ0) is 27.3. The predicted molar refractivity (Wildman–Crippen MR) is 125 cm³/mol. The van der Waals surface area contributed by atoms with Gasteiger partial charge < -0.3 is 29.7 Å². The minimum Gasteiger partial charge on any atom is -0.503 e. The summed E-state index contributed by atoms with van der Waals surface area (Å²) in [5.74, 6) is -1.47. The van der Waals surface area contributed by atoms with Gasteiger partial charge in [0.25, 0.3) is 5.56 Å². The Bertz CT molecular complexity index is 919. The van der Waals surface area contributed by atoms with Crippen molar-refractivity contribution in [1.29, 1.82) is 5.41 Å². The van der Waals surface area contributed by atoms with Gasteiger partial charge in [0, 0.05) is 17.0 Å². The number of carbonyl (C=O) groups excluding carboxylic acids is 3. The molecule has 12 heteroatoms. The molecule has 1 aromatic rings. The Labute approximate surface area is 199 Å². The number of aromatic nitrogens is 2. The van der Waals surface area contributed by atoms with Gasteiger partial charge in [0.1, 0.15) is 17.6 Å². The lowest BCUT2D eigenvalue weighted by Gasteiger charge is -2.16. The van der Waals surface area contributed by atoms with Crippen LogP contribution in [0, 0.1) is 10.8 Å². The fraction of sp³-hybridized carbons (Fsp3) is 0.545. The Hall–Kier alpha value is -3.70. The van der Waals surface area contributed by atoms with E-state index in [1.807, 2.05) is 41.5 Å². The Morgan fingerprint density at radius 2 is 1.41 bits per heavy atom. The van der Waals surface area contributed by atoms with E-state index in [1.165, 1.54) is 20.4 Å². The van der Waals surface area contributed by atoms with E-state index in [2.05, 4.69) is 28.9 Å². The van der Waals surface area contributed by atoms with Gasteiger partial charge in [-0.1, -0.05) is 41.5 Å². The molecule has 34 heavy (non-hydrogen) atoms. The number of ether oxygens (including phenoxy) is 4. The van der Waals surface area contributed by atoms with Crippen molar-refractivity contribution >= 4 is 23.7 Å². The van der Waals surface area contributed by atoms with Crippen LogP contribution in [0.5, 0.6) is 0 Å². The van der Waals surface area contributed by atoms with Crippen molar-refractivity contribution in [1.82, 2.24) is 9.97 Å². The van der Waals surface area contributed by atoms with Gasteiger partial charge in [0.05, 0.1) is 34.3 Å². The topological polar surface area (TPSA) is 184 Å². The van der Waals surface area contributed by atoms with Gasteiger partial charge in [-0.05, 0) is 0 Å². The van der Waals surface area contributed by atoms with E-state index in [0.717, 1.165) is 20.5 Å². The van der Waals surface area contributed by atoms with Crippen molar-refractivity contribution in [2.75, 3.05) is 28.4 Å². The molecule has 192 valence electrons. The van der Waals surface area contributed by atoms with Crippen molar-refractivity contribution in [2.45, 2.75) is 47.0 Å². The van der Waals surface area contributed by atoms with E-state index < -0.39 is 23.5 Å². The second kappa shape index (κ2) is 14.4. The first kappa shape index (κ1) is 32.5. The lowest BCUT2D eigenvalue weighted by Crippen LogP contribution is -2.27. The average Bonchev–Trinajstić information content (AvgIpc) is 2.75. The van der Waals surface area contributed by atoms with Gasteiger partial charge in [0.2, 0.25) is 0 Å². The molecule has 12 nitrogen and oxygen atoms in total. The molecule has 0 spiro atoms. The number of rotatable bonds is 4. The van der Waals surface area contributed by atoms with Gasteiger partial charge in [-0.2, -0.15) is 0 Å². The average molecular weight is 485 g/mol. The van der Waals surface area contributed by atoms with Crippen LogP contribution in [0.25, 0.3) is 0 Å². The lowest BCUT2D eigenvalue weighted by molar-refractivity contribution is -0.144. The lowest BCUT2D eigenvalue weighted by atomic mass is 9.96. The highest BCUT2D eigenvalue weighted by atomic mass is 16.5. The van der Waals surface area contributed by atoms with Crippen molar-refractivity contribution in [3.8, 4) is 0 Å². The molecule has 0 atom stereocenters. The van der Waals surface area contributed by atoms with Crippen LogP contribution in [-0.2, 0) is 34.0 Å². The van der Waals surface area contributed by atoms with Crippen LogP contribution in [0.4, 0.5) is 0 Å².